The van der Waals surface area contributed by atoms with Crippen LogP contribution in [0.1, 0.15) is 176 Å². The lowest BCUT2D eigenvalue weighted by Crippen LogP contribution is -2.71. The summed E-state index contributed by atoms with van der Waals surface area (Å²) < 4.78 is 120. The molecular formula is C75H116F8N12O13. The molecule has 25 nitrogen and oxygen atoms in total. The normalized spacial score (nSPS) is 31.7. The number of amides is 12. The summed E-state index contributed by atoms with van der Waals surface area (Å²) in [5.41, 5.74) is -2.30. The zero-order valence-corrected chi connectivity index (χ0v) is 65.0. The van der Waals surface area contributed by atoms with Gasteiger partial charge in [-0.1, -0.05) is 66.0 Å². The fraction of sp³-hybridized carbons (Fsp3) is 0.813. The molecular weight excluding hydrogens is 1430 g/mol. The van der Waals surface area contributed by atoms with Crippen LogP contribution in [0.25, 0.3) is 0 Å². The van der Waals surface area contributed by atoms with Gasteiger partial charge in [0.2, 0.25) is 70.9 Å². The fourth-order valence-electron chi connectivity index (χ4n) is 17.7. The van der Waals surface area contributed by atoms with Crippen molar-refractivity contribution in [2.24, 2.45) is 40.9 Å². The first-order chi connectivity index (χ1) is 50.5. The van der Waals surface area contributed by atoms with Crippen LogP contribution in [-0.4, -0.2) is 289 Å². The monoisotopic (exact) mass is 1540 g/mol. The number of likely N-dealkylation sites (N-methyl/N-ethyl adjacent to an activating group) is 7. The van der Waals surface area contributed by atoms with Crippen molar-refractivity contribution in [3.8, 4) is 0 Å². The fourth-order valence-corrected chi connectivity index (χ4v) is 17.7. The van der Waals surface area contributed by atoms with Gasteiger partial charge in [0.15, 0.2) is 0 Å². The van der Waals surface area contributed by atoms with Gasteiger partial charge in [0.25, 0.3) is 0 Å². The molecule has 3 N–H and O–H groups in total. The molecule has 0 radical (unpaired) electrons. The summed E-state index contributed by atoms with van der Waals surface area (Å²) >= 11 is 0. The third-order valence-corrected chi connectivity index (χ3v) is 24.0. The number of carbonyl (C=O) groups is 12. The van der Waals surface area contributed by atoms with Gasteiger partial charge in [-0.25, -0.2) is 8.78 Å². The van der Waals surface area contributed by atoms with E-state index >= 15 is 37.5 Å². The van der Waals surface area contributed by atoms with Gasteiger partial charge in [0, 0.05) is 76.1 Å². The molecule has 2 saturated heterocycles. The van der Waals surface area contributed by atoms with E-state index in [0.717, 1.165) is 24.5 Å². The standard InChI is InChI=1S/C75H116F8N12O13/c1-14-32-87(6)66(102)54-38-58(97)91(10)56(41-108-13)63(99)85-61(44(3)15-2)69(105)89(8)40-59(98)90(9)53-24-17-16-20-33-95(68(53)104)55(37-45-26-29-48(30-27-45)74(78,79)80)67(103)88(7)39-57(96)84-51(31-28-46-35-49(76)60(50(77)36-46)75(81,82)83)65(101)94-34-21-25-52(94)64(100)86-73(42-72(4,5)43-73)71(107)93(12)62(70(106)92(54)11)47-22-18-19-23-47/h16-17,44-56,60-62H,14-15,18-43H2,1-13H3,(H,84,96)(H,85,99)(H,86,100)/b17-16-/t44-,45?,46?,48?,49?,50?,51-,52-,53-,54-,55-,56-,60?,61-,62-/m0/s1. The van der Waals surface area contributed by atoms with Crippen LogP contribution in [0.4, 0.5) is 35.1 Å². The van der Waals surface area contributed by atoms with E-state index in [-0.39, 0.29) is 96.7 Å². The first-order valence-electron chi connectivity index (χ1n) is 38.4. The van der Waals surface area contributed by atoms with E-state index in [1.54, 1.807) is 26.0 Å². The highest BCUT2D eigenvalue weighted by Gasteiger charge is 2.60. The summed E-state index contributed by atoms with van der Waals surface area (Å²) in [5, 5.41) is 8.38. The third kappa shape index (κ3) is 21.1. The Kier molecular flexibility index (Phi) is 30.3. The van der Waals surface area contributed by atoms with Gasteiger partial charge >= 0.3 is 12.4 Å². The summed E-state index contributed by atoms with van der Waals surface area (Å²) in [5.74, 6) is -16.9. The molecule has 0 aromatic rings. The largest absolute Gasteiger partial charge is 0.397 e. The van der Waals surface area contributed by atoms with Crippen molar-refractivity contribution in [2.75, 3.05) is 95.8 Å². The lowest BCUT2D eigenvalue weighted by Gasteiger charge is -2.54. The minimum absolute atomic E-state index is 0.00246. The maximum absolute atomic E-state index is 15.7. The summed E-state index contributed by atoms with van der Waals surface area (Å²) in [4.78, 5) is 191. The molecule has 108 heavy (non-hydrogen) atoms. The Balaban J connectivity index is 1.32. The van der Waals surface area contributed by atoms with Crippen molar-refractivity contribution in [1.82, 2.24) is 60.0 Å². The Hall–Kier alpha value is -7.22. The van der Waals surface area contributed by atoms with Crippen LogP contribution >= 0.6 is 0 Å². The quantitative estimate of drug-likeness (QED) is 0.134. The SMILES string of the molecule is CCCN(C)C(=O)[C@@H]1CC(=O)N(C)[C@@H](COC)C(=O)N[C@@H]([C@@H](C)CC)C(=O)N(C)CC(=O)N(C)[C@H]2C/C=C\CCN(C2=O)[C@@H](CC2CCC(C(F)(F)F)CC2)C(=O)N(C)CC(=O)N[C@@H](CCC2CC(F)C(C(F)(F)F)C(F)C2)C(=O)N2CCC[C@H]2C(=O)NC2(CC(C)(C)C2)C(=O)N(C)[C@@H](C2CCCC2)C(=O)N1C. The van der Waals surface area contributed by atoms with Crippen LogP contribution in [-0.2, 0) is 62.3 Å². The Labute approximate surface area is 629 Å². The van der Waals surface area contributed by atoms with Crippen molar-refractivity contribution < 1.29 is 97.4 Å². The second-order valence-electron chi connectivity index (χ2n) is 32.5. The van der Waals surface area contributed by atoms with Gasteiger partial charge in [-0.3, -0.25) is 57.5 Å². The van der Waals surface area contributed by atoms with E-state index in [1.165, 1.54) is 76.0 Å². The number of halogens is 8. The van der Waals surface area contributed by atoms with Gasteiger partial charge in [-0.05, 0) is 145 Å². The molecule has 12 amide bonds. The molecule has 33 heteroatoms. The number of alkyl halides is 8. The summed E-state index contributed by atoms with van der Waals surface area (Å²) in [7, 11) is 10.7. The molecule has 7 aliphatic rings. The predicted octanol–water partition coefficient (Wildman–Crippen LogP) is 6.35. The molecule has 7 rings (SSSR count). The van der Waals surface area contributed by atoms with Crippen molar-refractivity contribution in [3.05, 3.63) is 12.2 Å². The predicted molar refractivity (Wildman–Crippen MR) is 381 cm³/mol. The smallest absolute Gasteiger partial charge is 0.382 e. The van der Waals surface area contributed by atoms with Gasteiger partial charge in [-0.15, -0.1) is 0 Å². The lowest BCUT2D eigenvalue weighted by atomic mass is 9.58. The van der Waals surface area contributed by atoms with E-state index in [4.69, 9.17) is 4.74 Å². The summed E-state index contributed by atoms with van der Waals surface area (Å²) in [6, 6.07) is -11.5. The number of methoxy groups -OCH3 is 1. The Morgan fingerprint density at radius 3 is 1.84 bits per heavy atom. The van der Waals surface area contributed by atoms with E-state index in [0.29, 0.717) is 38.5 Å². The number of nitrogens with one attached hydrogen (secondary N) is 3. The van der Waals surface area contributed by atoms with Crippen molar-refractivity contribution in [3.63, 3.8) is 0 Å². The highest BCUT2D eigenvalue weighted by Crippen LogP contribution is 2.50. The number of ether oxygens (including phenoxy) is 1. The van der Waals surface area contributed by atoms with Gasteiger partial charge < -0.3 is 64.8 Å². The molecule has 6 fully saturated rings. The van der Waals surface area contributed by atoms with E-state index in [2.05, 4.69) is 16.0 Å². The molecule has 610 valence electrons. The summed E-state index contributed by atoms with van der Waals surface area (Å²) in [6.45, 7) is 6.96. The molecule has 2 bridgehead atoms. The number of hydrogen-bond acceptors (Lipinski definition) is 13. The maximum atomic E-state index is 15.7. The number of carbonyl (C=O) groups excluding carboxylic acids is 12. The molecule has 0 aromatic carbocycles. The number of rotatable bonds is 13. The lowest BCUT2D eigenvalue weighted by molar-refractivity contribution is -0.219. The molecule has 4 saturated carbocycles. The number of hydrogen-bond donors (Lipinski definition) is 3. The van der Waals surface area contributed by atoms with Crippen molar-refractivity contribution >= 4 is 70.9 Å². The van der Waals surface area contributed by atoms with Crippen LogP contribution in [0.5, 0.6) is 0 Å². The van der Waals surface area contributed by atoms with E-state index < -0.39 is 236 Å². The summed E-state index contributed by atoms with van der Waals surface area (Å²) in [6.07, 6.45) is -12.0. The molecule has 3 aliphatic heterocycles. The van der Waals surface area contributed by atoms with Crippen LogP contribution < -0.4 is 16.0 Å². The van der Waals surface area contributed by atoms with E-state index in [1.807, 2.05) is 20.8 Å². The second kappa shape index (κ2) is 37.2. The van der Waals surface area contributed by atoms with Gasteiger partial charge in [-0.2, -0.15) is 26.3 Å². The highest BCUT2D eigenvalue weighted by atomic mass is 19.4. The van der Waals surface area contributed by atoms with Crippen LogP contribution in [0.3, 0.4) is 0 Å². The molecule has 3 heterocycles. The molecule has 11 atom stereocenters. The van der Waals surface area contributed by atoms with E-state index in [9.17, 15) is 55.1 Å². The zero-order chi connectivity index (χ0) is 80.4. The minimum atomic E-state index is -5.21. The highest BCUT2D eigenvalue weighted by molar-refractivity contribution is 6.01. The average Bonchev–Trinajstić information content (AvgIpc) is 1.000. The van der Waals surface area contributed by atoms with Crippen molar-refractivity contribution in [1.29, 1.82) is 0 Å². The Morgan fingerprint density at radius 2 is 1.27 bits per heavy atom. The van der Waals surface area contributed by atoms with Crippen LogP contribution in [0, 0.1) is 40.9 Å². The molecule has 1 spiro atoms. The second-order valence-corrected chi connectivity index (χ2v) is 32.5. The minimum Gasteiger partial charge on any atom is -0.382 e. The van der Waals surface area contributed by atoms with Crippen molar-refractivity contribution in [2.45, 2.75) is 254 Å². The first-order valence-corrected chi connectivity index (χ1v) is 38.4. The zero-order valence-electron chi connectivity index (χ0n) is 65.0. The van der Waals surface area contributed by atoms with Crippen LogP contribution in [0.15, 0.2) is 12.2 Å². The maximum Gasteiger partial charge on any atom is 0.397 e. The molecule has 2 unspecified atom stereocenters. The molecule has 4 aliphatic carbocycles. The average molecular weight is 1550 g/mol. The Morgan fingerprint density at radius 1 is 0.648 bits per heavy atom. The number of nitrogens with zero attached hydrogens (tertiary/aromatic N) is 9. The van der Waals surface area contributed by atoms with Gasteiger partial charge in [0.1, 0.15) is 72.1 Å². The first kappa shape index (κ1) is 88.0. The third-order valence-electron chi connectivity index (χ3n) is 24.0. The number of fused-ring (bicyclic) bond motifs is 3. The Bertz CT molecular complexity index is 3240. The van der Waals surface area contributed by atoms with Crippen LogP contribution in [0.2, 0.25) is 0 Å². The topological polar surface area (TPSA) is 279 Å². The molecule has 0 aromatic heterocycles. The van der Waals surface area contributed by atoms with Gasteiger partial charge in [0.05, 0.1) is 32.0 Å².